The number of benzene rings is 1. The Morgan fingerprint density at radius 1 is 1.37 bits per heavy atom. The zero-order valence-corrected chi connectivity index (χ0v) is 10.5. The molecule has 2 N–H and O–H groups in total. The van der Waals surface area contributed by atoms with Crippen LogP contribution in [-0.2, 0) is 6.61 Å². The first-order valence-electron chi connectivity index (χ1n) is 5.34. The number of rotatable bonds is 4. The maximum absolute atomic E-state index is 10.6. The molecule has 1 heterocycles. The highest BCUT2D eigenvalue weighted by Crippen LogP contribution is 2.22. The molecule has 6 nitrogen and oxygen atoms in total. The third-order valence-electron chi connectivity index (χ3n) is 2.35. The molecule has 0 fully saturated rings. The molecule has 1 aromatic carbocycles. The minimum absolute atomic E-state index is 0.173. The van der Waals surface area contributed by atoms with Gasteiger partial charge in [0.05, 0.1) is 4.92 Å². The molecule has 0 atom stereocenters. The van der Waals surface area contributed by atoms with Crippen molar-refractivity contribution in [1.82, 2.24) is 4.98 Å². The predicted molar refractivity (Wildman–Crippen MR) is 71.1 cm³/mol. The second-order valence-corrected chi connectivity index (χ2v) is 4.17. The summed E-state index contributed by atoms with van der Waals surface area (Å²) in [5.74, 6) is 0.0525. The number of nitro groups is 1. The predicted octanol–water partition coefficient (Wildman–Crippen LogP) is 2.80. The first-order chi connectivity index (χ1) is 9.06. The molecule has 0 radical (unpaired) electrons. The van der Waals surface area contributed by atoms with Crippen molar-refractivity contribution in [1.29, 1.82) is 0 Å². The van der Waals surface area contributed by atoms with Crippen LogP contribution in [-0.4, -0.2) is 9.91 Å². The Hall–Kier alpha value is -2.34. The Labute approximate surface area is 113 Å². The highest BCUT2D eigenvalue weighted by Gasteiger charge is 2.13. The van der Waals surface area contributed by atoms with Crippen molar-refractivity contribution in [3.05, 3.63) is 57.1 Å². The third kappa shape index (κ3) is 3.32. The molecule has 19 heavy (non-hydrogen) atoms. The van der Waals surface area contributed by atoms with E-state index in [0.29, 0.717) is 5.02 Å². The van der Waals surface area contributed by atoms with Crippen LogP contribution in [0.2, 0.25) is 5.02 Å². The van der Waals surface area contributed by atoms with Gasteiger partial charge in [-0.25, -0.2) is 0 Å². The van der Waals surface area contributed by atoms with Crippen LogP contribution < -0.4 is 10.5 Å². The fourth-order valence-corrected chi connectivity index (χ4v) is 1.68. The van der Waals surface area contributed by atoms with E-state index in [4.69, 9.17) is 22.1 Å². The summed E-state index contributed by atoms with van der Waals surface area (Å²) in [6.07, 6.45) is 0. The molecule has 2 rings (SSSR count). The Morgan fingerprint density at radius 2 is 2.16 bits per heavy atom. The zero-order chi connectivity index (χ0) is 13.8. The van der Waals surface area contributed by atoms with E-state index in [9.17, 15) is 10.1 Å². The van der Waals surface area contributed by atoms with Gasteiger partial charge in [-0.05, 0) is 17.7 Å². The number of halogens is 1. The molecule has 7 heteroatoms. The SMILES string of the molecule is Nc1nc(OCc2cccc(Cl)c2)ccc1[N+](=O)[O-]. The van der Waals surface area contributed by atoms with Gasteiger partial charge in [0, 0.05) is 17.2 Å². The van der Waals surface area contributed by atoms with Crippen LogP contribution in [0, 0.1) is 10.1 Å². The van der Waals surface area contributed by atoms with Crippen molar-refractivity contribution in [3.63, 3.8) is 0 Å². The molecule has 2 aromatic rings. The second kappa shape index (κ2) is 5.53. The topological polar surface area (TPSA) is 91.3 Å². The summed E-state index contributed by atoms with van der Waals surface area (Å²) in [6, 6.07) is 9.83. The average Bonchev–Trinajstić information content (AvgIpc) is 2.36. The number of anilines is 1. The van der Waals surface area contributed by atoms with Gasteiger partial charge in [0.25, 0.3) is 0 Å². The van der Waals surface area contributed by atoms with E-state index in [0.717, 1.165) is 5.56 Å². The summed E-state index contributed by atoms with van der Waals surface area (Å²) in [5.41, 5.74) is 6.09. The Bertz CT molecular complexity index is 619. The van der Waals surface area contributed by atoms with E-state index in [1.807, 2.05) is 6.07 Å². The van der Waals surface area contributed by atoms with E-state index in [2.05, 4.69) is 4.98 Å². The average molecular weight is 280 g/mol. The maximum Gasteiger partial charge on any atom is 0.311 e. The van der Waals surface area contributed by atoms with Gasteiger partial charge in [0.15, 0.2) is 0 Å². The largest absolute Gasteiger partial charge is 0.473 e. The summed E-state index contributed by atoms with van der Waals surface area (Å²) in [5, 5.41) is 11.2. The smallest absolute Gasteiger partial charge is 0.311 e. The van der Waals surface area contributed by atoms with Crippen LogP contribution in [0.15, 0.2) is 36.4 Å². The van der Waals surface area contributed by atoms with Gasteiger partial charge in [-0.3, -0.25) is 10.1 Å². The monoisotopic (exact) mass is 279 g/mol. The van der Waals surface area contributed by atoms with Crippen LogP contribution in [0.4, 0.5) is 11.5 Å². The van der Waals surface area contributed by atoms with Crippen LogP contribution >= 0.6 is 11.6 Å². The van der Waals surface area contributed by atoms with E-state index in [1.54, 1.807) is 18.2 Å². The van der Waals surface area contributed by atoms with Crippen molar-refractivity contribution in [2.24, 2.45) is 0 Å². The van der Waals surface area contributed by atoms with Gasteiger partial charge < -0.3 is 10.5 Å². The number of aromatic nitrogens is 1. The molecule has 0 amide bonds. The lowest BCUT2D eigenvalue weighted by Crippen LogP contribution is -2.02. The number of nitrogens with two attached hydrogens (primary N) is 1. The fourth-order valence-electron chi connectivity index (χ4n) is 1.47. The zero-order valence-electron chi connectivity index (χ0n) is 9.75. The molecule has 0 saturated carbocycles. The van der Waals surface area contributed by atoms with Gasteiger partial charge in [-0.15, -0.1) is 0 Å². The van der Waals surface area contributed by atoms with Gasteiger partial charge in [-0.2, -0.15) is 4.98 Å². The molecule has 0 aliphatic rings. The summed E-state index contributed by atoms with van der Waals surface area (Å²) < 4.78 is 5.39. The number of ether oxygens (including phenoxy) is 1. The van der Waals surface area contributed by atoms with Crippen molar-refractivity contribution in [3.8, 4) is 5.88 Å². The van der Waals surface area contributed by atoms with Gasteiger partial charge in [-0.1, -0.05) is 23.7 Å². The molecular formula is C12H10ClN3O3. The minimum Gasteiger partial charge on any atom is -0.473 e. The summed E-state index contributed by atoms with van der Waals surface area (Å²) in [4.78, 5) is 13.8. The Morgan fingerprint density at radius 3 is 2.79 bits per heavy atom. The van der Waals surface area contributed by atoms with Crippen LogP contribution in [0.3, 0.4) is 0 Å². The molecule has 0 saturated heterocycles. The quantitative estimate of drug-likeness (QED) is 0.686. The highest BCUT2D eigenvalue weighted by molar-refractivity contribution is 6.30. The lowest BCUT2D eigenvalue weighted by molar-refractivity contribution is -0.384. The molecule has 98 valence electrons. The van der Waals surface area contributed by atoms with Gasteiger partial charge in [0.2, 0.25) is 11.7 Å². The number of nitrogen functional groups attached to an aromatic ring is 1. The first-order valence-corrected chi connectivity index (χ1v) is 5.72. The van der Waals surface area contributed by atoms with E-state index >= 15 is 0 Å². The maximum atomic E-state index is 10.6. The Kier molecular flexibility index (Phi) is 3.82. The van der Waals surface area contributed by atoms with Crippen molar-refractivity contribution < 1.29 is 9.66 Å². The van der Waals surface area contributed by atoms with Crippen LogP contribution in [0.1, 0.15) is 5.56 Å². The van der Waals surface area contributed by atoms with Crippen LogP contribution in [0.5, 0.6) is 5.88 Å². The second-order valence-electron chi connectivity index (χ2n) is 3.73. The van der Waals surface area contributed by atoms with Crippen molar-refractivity contribution in [2.45, 2.75) is 6.61 Å². The molecule has 1 aromatic heterocycles. The number of pyridine rings is 1. The fraction of sp³-hybridized carbons (Fsp3) is 0.0833. The number of nitrogens with zero attached hydrogens (tertiary/aromatic N) is 2. The van der Waals surface area contributed by atoms with E-state index in [-0.39, 0.29) is 24.0 Å². The summed E-state index contributed by atoms with van der Waals surface area (Å²) in [6.45, 7) is 0.255. The molecule has 0 bridgehead atoms. The van der Waals surface area contributed by atoms with Gasteiger partial charge in [0.1, 0.15) is 6.61 Å². The molecule has 0 aliphatic heterocycles. The number of hydrogen-bond acceptors (Lipinski definition) is 5. The normalized spacial score (nSPS) is 10.2. The highest BCUT2D eigenvalue weighted by atomic mass is 35.5. The third-order valence-corrected chi connectivity index (χ3v) is 2.58. The lowest BCUT2D eigenvalue weighted by Gasteiger charge is -2.06. The van der Waals surface area contributed by atoms with Gasteiger partial charge >= 0.3 is 5.69 Å². The molecule has 0 unspecified atom stereocenters. The van der Waals surface area contributed by atoms with Crippen LogP contribution in [0.25, 0.3) is 0 Å². The lowest BCUT2D eigenvalue weighted by atomic mass is 10.2. The van der Waals surface area contributed by atoms with Crippen molar-refractivity contribution in [2.75, 3.05) is 5.73 Å². The van der Waals surface area contributed by atoms with E-state index in [1.165, 1.54) is 12.1 Å². The standard InChI is InChI=1S/C12H10ClN3O3/c13-9-3-1-2-8(6-9)7-19-11-5-4-10(16(17)18)12(14)15-11/h1-6H,7H2,(H2,14,15). The molecule has 0 aliphatic carbocycles. The van der Waals surface area contributed by atoms with E-state index < -0.39 is 4.92 Å². The van der Waals surface area contributed by atoms with Crippen molar-refractivity contribution >= 4 is 23.1 Å². The summed E-state index contributed by atoms with van der Waals surface area (Å²) in [7, 11) is 0. The molecular weight excluding hydrogens is 270 g/mol. The Balaban J connectivity index is 2.08. The number of hydrogen-bond donors (Lipinski definition) is 1. The molecule has 0 spiro atoms. The first kappa shape index (κ1) is 13.1. The minimum atomic E-state index is -0.594. The summed E-state index contributed by atoms with van der Waals surface area (Å²) >= 11 is 5.84.